The first-order valence-electron chi connectivity index (χ1n) is 5.55. The Balaban J connectivity index is 2.05. The summed E-state index contributed by atoms with van der Waals surface area (Å²) < 4.78 is 0. The Morgan fingerprint density at radius 1 is 1.29 bits per heavy atom. The smallest absolute Gasteiger partial charge is 0.0108 e. The number of rotatable bonds is 2. The Kier molecular flexibility index (Phi) is 2.87. The summed E-state index contributed by atoms with van der Waals surface area (Å²) in [5, 5.41) is 3.54. The molecule has 0 aromatic heterocycles. The summed E-state index contributed by atoms with van der Waals surface area (Å²) >= 11 is 0. The van der Waals surface area contributed by atoms with Gasteiger partial charge >= 0.3 is 0 Å². The fourth-order valence-corrected chi connectivity index (χ4v) is 2.15. The van der Waals surface area contributed by atoms with Gasteiger partial charge in [-0.3, -0.25) is 0 Å². The van der Waals surface area contributed by atoms with Crippen molar-refractivity contribution < 1.29 is 0 Å². The molecule has 1 atom stereocenters. The molecule has 0 bridgehead atoms. The number of nitrogens with one attached hydrogen (secondary N) is 1. The van der Waals surface area contributed by atoms with Crippen molar-refractivity contribution >= 4 is 0 Å². The molecular formula is C13H19N. The lowest BCUT2D eigenvalue weighted by molar-refractivity contribution is 0.603. The highest BCUT2D eigenvalue weighted by molar-refractivity contribution is 5.30. The molecule has 1 aromatic rings. The van der Waals surface area contributed by atoms with E-state index in [4.69, 9.17) is 0 Å². The van der Waals surface area contributed by atoms with Crippen molar-refractivity contribution in [3.8, 4) is 0 Å². The molecule has 0 saturated carbocycles. The zero-order chi connectivity index (χ0) is 9.97. The average molecular weight is 189 g/mol. The molecule has 1 heterocycles. The first-order valence-corrected chi connectivity index (χ1v) is 5.55. The van der Waals surface area contributed by atoms with Crippen LogP contribution in [0.25, 0.3) is 0 Å². The van der Waals surface area contributed by atoms with Gasteiger partial charge in [-0.05, 0) is 56.3 Å². The van der Waals surface area contributed by atoms with Crippen LogP contribution in [0.15, 0.2) is 18.2 Å². The van der Waals surface area contributed by atoms with Gasteiger partial charge in [-0.1, -0.05) is 18.2 Å². The lowest BCUT2D eigenvalue weighted by Gasteiger charge is -2.11. The molecule has 1 aromatic carbocycles. The summed E-state index contributed by atoms with van der Waals surface area (Å²) in [5.41, 5.74) is 4.29. The fraction of sp³-hybridized carbons (Fsp3) is 0.538. The summed E-state index contributed by atoms with van der Waals surface area (Å²) in [7, 11) is 0. The lowest BCUT2D eigenvalue weighted by atomic mass is 10.0. The van der Waals surface area contributed by atoms with Gasteiger partial charge in [-0.25, -0.2) is 0 Å². The van der Waals surface area contributed by atoms with Crippen molar-refractivity contribution in [2.45, 2.75) is 39.2 Å². The molecule has 1 aliphatic rings. The van der Waals surface area contributed by atoms with Crippen LogP contribution in [0.5, 0.6) is 0 Å². The van der Waals surface area contributed by atoms with Crippen LogP contribution in [0.3, 0.4) is 0 Å². The average Bonchev–Trinajstić information content (AvgIpc) is 2.64. The minimum Gasteiger partial charge on any atom is -0.314 e. The van der Waals surface area contributed by atoms with Crippen molar-refractivity contribution in [2.75, 3.05) is 6.54 Å². The summed E-state index contributed by atoms with van der Waals surface area (Å²) in [6, 6.07) is 7.55. The molecule has 0 aliphatic carbocycles. The molecule has 1 N–H and O–H groups in total. The summed E-state index contributed by atoms with van der Waals surface area (Å²) in [6.45, 7) is 5.57. The third-order valence-corrected chi connectivity index (χ3v) is 3.22. The SMILES string of the molecule is Cc1ccc(C[C@@H]2CCCN2)cc1C. The van der Waals surface area contributed by atoms with E-state index in [1.165, 1.54) is 42.5 Å². The molecular weight excluding hydrogens is 170 g/mol. The van der Waals surface area contributed by atoms with Crippen molar-refractivity contribution in [3.63, 3.8) is 0 Å². The van der Waals surface area contributed by atoms with E-state index < -0.39 is 0 Å². The molecule has 1 saturated heterocycles. The quantitative estimate of drug-likeness (QED) is 0.754. The molecule has 1 aliphatic heterocycles. The molecule has 1 fully saturated rings. The van der Waals surface area contributed by atoms with E-state index in [0.29, 0.717) is 0 Å². The maximum absolute atomic E-state index is 3.54. The van der Waals surface area contributed by atoms with Crippen molar-refractivity contribution in [2.24, 2.45) is 0 Å². The zero-order valence-electron chi connectivity index (χ0n) is 9.14. The topological polar surface area (TPSA) is 12.0 Å². The number of hydrogen-bond donors (Lipinski definition) is 1. The van der Waals surface area contributed by atoms with E-state index in [-0.39, 0.29) is 0 Å². The molecule has 76 valence electrons. The van der Waals surface area contributed by atoms with Gasteiger partial charge in [0, 0.05) is 6.04 Å². The van der Waals surface area contributed by atoms with Crippen LogP contribution < -0.4 is 5.32 Å². The normalized spacial score (nSPS) is 21.4. The van der Waals surface area contributed by atoms with Gasteiger partial charge in [-0.15, -0.1) is 0 Å². The van der Waals surface area contributed by atoms with E-state index in [1.807, 2.05) is 0 Å². The minimum atomic E-state index is 0.720. The zero-order valence-corrected chi connectivity index (χ0v) is 9.14. The van der Waals surface area contributed by atoms with Gasteiger partial charge in [0.1, 0.15) is 0 Å². The molecule has 0 amide bonds. The Bertz CT molecular complexity index is 311. The van der Waals surface area contributed by atoms with Crippen LogP contribution in [0.4, 0.5) is 0 Å². The summed E-state index contributed by atoms with van der Waals surface area (Å²) in [5.74, 6) is 0. The van der Waals surface area contributed by atoms with Crippen LogP contribution in [0, 0.1) is 13.8 Å². The second-order valence-electron chi connectivity index (χ2n) is 4.42. The molecule has 1 nitrogen and oxygen atoms in total. The van der Waals surface area contributed by atoms with Crippen LogP contribution >= 0.6 is 0 Å². The molecule has 0 spiro atoms. The first kappa shape index (κ1) is 9.72. The standard InChI is InChI=1S/C13H19N/c1-10-5-6-12(8-11(10)2)9-13-4-3-7-14-13/h5-6,8,13-14H,3-4,7,9H2,1-2H3/t13-/m0/s1. The van der Waals surface area contributed by atoms with E-state index in [0.717, 1.165) is 6.04 Å². The maximum atomic E-state index is 3.54. The Hall–Kier alpha value is -0.820. The predicted octanol–water partition coefficient (Wildman–Crippen LogP) is 2.60. The molecule has 0 unspecified atom stereocenters. The molecule has 1 heteroatoms. The number of benzene rings is 1. The Morgan fingerprint density at radius 3 is 2.79 bits per heavy atom. The van der Waals surface area contributed by atoms with Gasteiger partial charge in [0.25, 0.3) is 0 Å². The fourth-order valence-electron chi connectivity index (χ4n) is 2.15. The van der Waals surface area contributed by atoms with Crippen molar-refractivity contribution in [1.29, 1.82) is 0 Å². The molecule has 2 rings (SSSR count). The lowest BCUT2D eigenvalue weighted by Crippen LogP contribution is -2.23. The van der Waals surface area contributed by atoms with E-state index in [9.17, 15) is 0 Å². The van der Waals surface area contributed by atoms with Crippen molar-refractivity contribution in [1.82, 2.24) is 5.32 Å². The van der Waals surface area contributed by atoms with Gasteiger partial charge in [0.05, 0.1) is 0 Å². The molecule has 0 radical (unpaired) electrons. The highest BCUT2D eigenvalue weighted by Gasteiger charge is 2.14. The predicted molar refractivity (Wildman–Crippen MR) is 60.6 cm³/mol. The van der Waals surface area contributed by atoms with Crippen LogP contribution in [0.1, 0.15) is 29.5 Å². The Labute approximate surface area is 86.5 Å². The minimum absolute atomic E-state index is 0.720. The summed E-state index contributed by atoms with van der Waals surface area (Å²) in [6.07, 6.45) is 3.88. The van der Waals surface area contributed by atoms with Gasteiger partial charge in [0.2, 0.25) is 0 Å². The van der Waals surface area contributed by atoms with Gasteiger partial charge in [0.15, 0.2) is 0 Å². The van der Waals surface area contributed by atoms with E-state index in [2.05, 4.69) is 37.4 Å². The second-order valence-corrected chi connectivity index (χ2v) is 4.42. The van der Waals surface area contributed by atoms with E-state index >= 15 is 0 Å². The summed E-state index contributed by atoms with van der Waals surface area (Å²) in [4.78, 5) is 0. The van der Waals surface area contributed by atoms with Crippen LogP contribution in [-0.4, -0.2) is 12.6 Å². The highest BCUT2D eigenvalue weighted by atomic mass is 14.9. The highest BCUT2D eigenvalue weighted by Crippen LogP contribution is 2.15. The largest absolute Gasteiger partial charge is 0.314 e. The third kappa shape index (κ3) is 2.16. The Morgan fingerprint density at radius 2 is 2.14 bits per heavy atom. The second kappa shape index (κ2) is 4.14. The number of hydrogen-bond acceptors (Lipinski definition) is 1. The van der Waals surface area contributed by atoms with Crippen molar-refractivity contribution in [3.05, 3.63) is 34.9 Å². The van der Waals surface area contributed by atoms with Crippen LogP contribution in [0.2, 0.25) is 0 Å². The van der Waals surface area contributed by atoms with Crippen LogP contribution in [-0.2, 0) is 6.42 Å². The van der Waals surface area contributed by atoms with Gasteiger partial charge < -0.3 is 5.32 Å². The third-order valence-electron chi connectivity index (χ3n) is 3.22. The van der Waals surface area contributed by atoms with E-state index in [1.54, 1.807) is 0 Å². The monoisotopic (exact) mass is 189 g/mol. The molecule has 14 heavy (non-hydrogen) atoms. The maximum Gasteiger partial charge on any atom is 0.0108 e. The van der Waals surface area contributed by atoms with Gasteiger partial charge in [-0.2, -0.15) is 0 Å². The number of aryl methyl sites for hydroxylation is 2. The first-order chi connectivity index (χ1) is 6.75.